The first-order valence-corrected chi connectivity index (χ1v) is 7.35. The Bertz CT molecular complexity index is 203. The van der Waals surface area contributed by atoms with Gasteiger partial charge in [0.15, 0.2) is 0 Å². The molecule has 0 atom stereocenters. The number of ether oxygens (including phenoxy) is 3. The Kier molecular flexibility index (Phi) is 9.59. The molecule has 116 valence electrons. The summed E-state index contributed by atoms with van der Waals surface area (Å²) < 4.78 is 15.8. The third-order valence-corrected chi connectivity index (χ3v) is 1.77. The molecule has 7 N–H and O–H groups in total. The van der Waals surface area contributed by atoms with Crippen molar-refractivity contribution in [2.24, 2.45) is 0 Å². The highest BCUT2D eigenvalue weighted by molar-refractivity contribution is 6.46. The summed E-state index contributed by atoms with van der Waals surface area (Å²) in [7, 11) is -4.61. The molecule has 1 fully saturated rings. The Morgan fingerprint density at radius 1 is 1.05 bits per heavy atom. The molecular formula is C8H21NO9Si. The molecule has 0 aromatic rings. The highest BCUT2D eigenvalue weighted by atomic mass is 28.4. The number of aliphatic hydroxyl groups is 2. The number of hydrogen-bond donors (Lipinski definition) is 7. The zero-order chi connectivity index (χ0) is 14.8. The smallest absolute Gasteiger partial charge is 0.394 e. The molecule has 19 heavy (non-hydrogen) atoms. The van der Waals surface area contributed by atoms with Crippen LogP contribution in [0.3, 0.4) is 0 Å². The van der Waals surface area contributed by atoms with E-state index in [9.17, 15) is 0 Å². The van der Waals surface area contributed by atoms with E-state index in [2.05, 4.69) is 5.32 Å². The summed E-state index contributed by atoms with van der Waals surface area (Å²) in [6.45, 7) is 1.73. The molecule has 0 unspecified atom stereocenters. The summed E-state index contributed by atoms with van der Waals surface area (Å²) in [5.41, 5.74) is 0. The second-order valence-corrected chi connectivity index (χ2v) is 4.65. The van der Waals surface area contributed by atoms with E-state index in [1.54, 1.807) is 0 Å². The van der Waals surface area contributed by atoms with Gasteiger partial charge in [0.05, 0.1) is 39.6 Å². The van der Waals surface area contributed by atoms with Crippen LogP contribution in [0.1, 0.15) is 0 Å². The van der Waals surface area contributed by atoms with E-state index in [4.69, 9.17) is 43.6 Å². The van der Waals surface area contributed by atoms with Crippen LogP contribution >= 0.6 is 0 Å². The minimum atomic E-state index is -4.61. The van der Waals surface area contributed by atoms with Crippen molar-refractivity contribution >= 4 is 9.05 Å². The molecule has 1 aliphatic rings. The molecule has 10 nitrogen and oxygen atoms in total. The number of hydrogen-bond acceptors (Lipinski definition) is 10. The van der Waals surface area contributed by atoms with E-state index in [1.807, 2.05) is 0 Å². The number of aliphatic hydroxyl groups excluding tert-OH is 2. The van der Waals surface area contributed by atoms with Gasteiger partial charge in [-0.1, -0.05) is 0 Å². The standard InChI is InChI=1S/C8H17NO5.H4O4Si/c10-2-5-13-8(14-6-3-11)7-9-1-4-12-8;1-5(2,3)4/h9-11H,1-7H2;1-4H. The summed E-state index contributed by atoms with van der Waals surface area (Å²) >= 11 is 0. The molecule has 1 rings (SSSR count). The van der Waals surface area contributed by atoms with Gasteiger partial charge < -0.3 is 48.9 Å². The van der Waals surface area contributed by atoms with E-state index < -0.39 is 15.0 Å². The summed E-state index contributed by atoms with van der Waals surface area (Å²) in [5.74, 6) is -1.15. The van der Waals surface area contributed by atoms with E-state index in [0.717, 1.165) is 6.54 Å². The monoisotopic (exact) mass is 303 g/mol. The van der Waals surface area contributed by atoms with Crippen LogP contribution in [0.2, 0.25) is 0 Å². The van der Waals surface area contributed by atoms with Crippen molar-refractivity contribution in [2.45, 2.75) is 5.97 Å². The minimum Gasteiger partial charge on any atom is -0.394 e. The van der Waals surface area contributed by atoms with Crippen molar-refractivity contribution < 1.29 is 43.6 Å². The second-order valence-electron chi connectivity index (χ2n) is 3.45. The predicted molar refractivity (Wildman–Crippen MR) is 62.3 cm³/mol. The molecule has 0 amide bonds. The van der Waals surface area contributed by atoms with Gasteiger partial charge in [-0.05, 0) is 0 Å². The molecule has 0 spiro atoms. The maximum Gasteiger partial charge on any atom is 0.668 e. The lowest BCUT2D eigenvalue weighted by molar-refractivity contribution is -0.386. The van der Waals surface area contributed by atoms with Gasteiger partial charge in [-0.3, -0.25) is 0 Å². The summed E-state index contributed by atoms with van der Waals surface area (Å²) in [4.78, 5) is 29.3. The third-order valence-electron chi connectivity index (χ3n) is 1.77. The molecule has 1 aliphatic heterocycles. The van der Waals surface area contributed by atoms with Crippen LogP contribution in [0.5, 0.6) is 0 Å². The fourth-order valence-corrected chi connectivity index (χ4v) is 1.20. The van der Waals surface area contributed by atoms with E-state index >= 15 is 0 Å². The van der Waals surface area contributed by atoms with Crippen LogP contribution < -0.4 is 5.32 Å². The van der Waals surface area contributed by atoms with Crippen LogP contribution in [0.25, 0.3) is 0 Å². The predicted octanol–water partition coefficient (Wildman–Crippen LogP) is -4.33. The summed E-state index contributed by atoms with van der Waals surface area (Å²) in [5, 5.41) is 20.3. The Morgan fingerprint density at radius 3 is 1.84 bits per heavy atom. The normalized spacial score (nSPS) is 18.6. The zero-order valence-electron chi connectivity index (χ0n) is 10.4. The van der Waals surface area contributed by atoms with Crippen molar-refractivity contribution in [3.05, 3.63) is 0 Å². The highest BCUT2D eigenvalue weighted by Crippen LogP contribution is 2.16. The van der Waals surface area contributed by atoms with Gasteiger partial charge in [0.1, 0.15) is 0 Å². The zero-order valence-corrected chi connectivity index (χ0v) is 11.4. The van der Waals surface area contributed by atoms with Crippen LogP contribution in [-0.2, 0) is 14.2 Å². The van der Waals surface area contributed by atoms with Crippen molar-refractivity contribution in [2.75, 3.05) is 46.1 Å². The molecule has 1 saturated heterocycles. The Morgan fingerprint density at radius 2 is 1.53 bits per heavy atom. The lowest BCUT2D eigenvalue weighted by Crippen LogP contribution is -2.54. The molecule has 0 aromatic carbocycles. The van der Waals surface area contributed by atoms with Gasteiger partial charge in [-0.25, -0.2) is 0 Å². The van der Waals surface area contributed by atoms with Gasteiger partial charge in [0.25, 0.3) is 5.97 Å². The van der Waals surface area contributed by atoms with Gasteiger partial charge >= 0.3 is 9.05 Å². The highest BCUT2D eigenvalue weighted by Gasteiger charge is 2.35. The first-order chi connectivity index (χ1) is 8.83. The molecule has 0 saturated carbocycles. The molecule has 1 heterocycles. The fourth-order valence-electron chi connectivity index (χ4n) is 1.20. The first-order valence-electron chi connectivity index (χ1n) is 5.57. The lowest BCUT2D eigenvalue weighted by Gasteiger charge is -2.36. The SMILES string of the molecule is OCCOC1(OCCO)CNCCO1.O[Si](O)(O)O. The summed E-state index contributed by atoms with van der Waals surface area (Å²) in [6, 6.07) is 0. The first kappa shape index (κ1) is 18.8. The van der Waals surface area contributed by atoms with E-state index in [0.29, 0.717) is 13.2 Å². The summed E-state index contributed by atoms with van der Waals surface area (Å²) in [6.07, 6.45) is 0. The number of nitrogens with one attached hydrogen (secondary N) is 1. The molecule has 0 radical (unpaired) electrons. The molecule has 0 aromatic heterocycles. The topological polar surface area (TPSA) is 161 Å². The Hall–Kier alpha value is -0.183. The Balaban J connectivity index is 0.000000555. The minimum absolute atomic E-state index is 0.0897. The van der Waals surface area contributed by atoms with Gasteiger partial charge in [-0.2, -0.15) is 0 Å². The molecule has 0 bridgehead atoms. The van der Waals surface area contributed by atoms with Crippen molar-refractivity contribution in [1.29, 1.82) is 0 Å². The van der Waals surface area contributed by atoms with Crippen LogP contribution in [-0.4, -0.2) is 90.5 Å². The van der Waals surface area contributed by atoms with Gasteiger partial charge in [0.2, 0.25) is 0 Å². The van der Waals surface area contributed by atoms with Crippen LogP contribution in [0.15, 0.2) is 0 Å². The quantitative estimate of drug-likeness (QED) is 0.189. The van der Waals surface area contributed by atoms with Crippen LogP contribution in [0, 0.1) is 0 Å². The third kappa shape index (κ3) is 11.4. The maximum atomic E-state index is 8.63. The van der Waals surface area contributed by atoms with Gasteiger partial charge in [-0.15, -0.1) is 0 Å². The average molecular weight is 303 g/mol. The average Bonchev–Trinajstić information content (AvgIpc) is 2.33. The van der Waals surface area contributed by atoms with E-state index in [1.165, 1.54) is 0 Å². The number of rotatable bonds is 6. The molecular weight excluding hydrogens is 282 g/mol. The molecule has 11 heteroatoms. The van der Waals surface area contributed by atoms with Crippen molar-refractivity contribution in [1.82, 2.24) is 5.32 Å². The van der Waals surface area contributed by atoms with Crippen molar-refractivity contribution in [3.63, 3.8) is 0 Å². The molecule has 0 aliphatic carbocycles. The fraction of sp³-hybridized carbons (Fsp3) is 1.00. The number of morpholine rings is 1. The second kappa shape index (κ2) is 9.68. The lowest BCUT2D eigenvalue weighted by atomic mass is 10.4. The maximum absolute atomic E-state index is 8.63. The van der Waals surface area contributed by atoms with Gasteiger partial charge in [0, 0.05) is 6.54 Å². The Labute approximate surface area is 111 Å². The van der Waals surface area contributed by atoms with E-state index in [-0.39, 0.29) is 26.4 Å². The van der Waals surface area contributed by atoms with Crippen LogP contribution in [0.4, 0.5) is 0 Å². The largest absolute Gasteiger partial charge is 0.668 e. The van der Waals surface area contributed by atoms with Crippen molar-refractivity contribution in [3.8, 4) is 0 Å².